The lowest BCUT2D eigenvalue weighted by Gasteiger charge is -2.17. The molecule has 29 heavy (non-hydrogen) atoms. The van der Waals surface area contributed by atoms with Gasteiger partial charge in [0, 0.05) is 5.39 Å². The first kappa shape index (κ1) is 21.1. The average Bonchev–Trinajstić information content (AvgIpc) is 2.70. The van der Waals surface area contributed by atoms with Crippen molar-refractivity contribution in [3.05, 3.63) is 68.1 Å². The molecule has 0 aliphatic heterocycles. The van der Waals surface area contributed by atoms with Gasteiger partial charge in [0.05, 0.1) is 34.3 Å². The number of aromatic nitrogens is 2. The van der Waals surface area contributed by atoms with E-state index in [0.29, 0.717) is 38.9 Å². The summed E-state index contributed by atoms with van der Waals surface area (Å²) in [5.74, 6) is -0.753. The summed E-state index contributed by atoms with van der Waals surface area (Å²) in [5, 5.41) is 8.39. The Hall–Kier alpha value is -2.57. The molecule has 0 spiro atoms. The van der Waals surface area contributed by atoms with Gasteiger partial charge in [0.25, 0.3) is 5.56 Å². The Morgan fingerprint density at radius 1 is 1.14 bits per heavy atom. The van der Waals surface area contributed by atoms with Crippen LogP contribution in [0.25, 0.3) is 10.8 Å². The third kappa shape index (κ3) is 4.54. The molecule has 0 bridgehead atoms. The molecule has 0 aliphatic rings. The lowest BCUT2D eigenvalue weighted by molar-refractivity contribution is -0.145. The molecule has 3 rings (SSSR count). The number of benzene rings is 2. The summed E-state index contributed by atoms with van der Waals surface area (Å²) in [4.78, 5) is 25.2. The zero-order valence-electron chi connectivity index (χ0n) is 16.0. The number of hydrogen-bond acceptors (Lipinski definition) is 5. The number of nitrogens with zero attached hydrogens (tertiary/aromatic N) is 1. The van der Waals surface area contributed by atoms with E-state index in [0.717, 1.165) is 5.56 Å². The van der Waals surface area contributed by atoms with E-state index < -0.39 is 11.9 Å². The smallest absolute Gasteiger partial charge is 0.315 e. The highest BCUT2D eigenvalue weighted by atomic mass is 35.5. The van der Waals surface area contributed by atoms with Crippen LogP contribution in [0.4, 0.5) is 0 Å². The summed E-state index contributed by atoms with van der Waals surface area (Å²) >= 11 is 12.1. The molecule has 0 aliphatic carbocycles. The number of carbonyl (C=O) groups is 1. The van der Waals surface area contributed by atoms with Gasteiger partial charge in [-0.05, 0) is 44.0 Å². The number of ether oxygens (including phenoxy) is 2. The number of hydrogen-bond donors (Lipinski definition) is 1. The van der Waals surface area contributed by atoms with Gasteiger partial charge in [0.15, 0.2) is 0 Å². The summed E-state index contributed by atoms with van der Waals surface area (Å²) in [7, 11) is 0. The van der Waals surface area contributed by atoms with Gasteiger partial charge in [-0.1, -0.05) is 41.4 Å². The first-order valence-corrected chi connectivity index (χ1v) is 9.96. The monoisotopic (exact) mass is 434 g/mol. The fourth-order valence-electron chi connectivity index (χ4n) is 3.18. The lowest BCUT2D eigenvalue weighted by atomic mass is 9.93. The first-order valence-electron chi connectivity index (χ1n) is 9.20. The highest BCUT2D eigenvalue weighted by molar-refractivity contribution is 6.42. The van der Waals surface area contributed by atoms with Crippen LogP contribution in [0.5, 0.6) is 5.75 Å². The fraction of sp³-hybridized carbons (Fsp3) is 0.286. The number of carbonyl (C=O) groups excluding carboxylic acids is 1. The van der Waals surface area contributed by atoms with Crippen LogP contribution < -0.4 is 10.3 Å². The summed E-state index contributed by atoms with van der Waals surface area (Å²) in [6.07, 6.45) is 0.280. The summed E-state index contributed by atoms with van der Waals surface area (Å²) in [6.45, 7) is 4.20. The highest BCUT2D eigenvalue weighted by Crippen LogP contribution is 2.31. The van der Waals surface area contributed by atoms with Crippen LogP contribution in [0.2, 0.25) is 10.0 Å². The maximum Gasteiger partial charge on any atom is 0.315 e. The highest BCUT2D eigenvalue weighted by Gasteiger charge is 2.28. The van der Waals surface area contributed by atoms with Gasteiger partial charge in [0.1, 0.15) is 11.7 Å². The molecule has 1 atom stereocenters. The van der Waals surface area contributed by atoms with E-state index in [4.69, 9.17) is 32.7 Å². The van der Waals surface area contributed by atoms with Crippen LogP contribution in [0.3, 0.4) is 0 Å². The number of nitrogens with one attached hydrogen (secondary N) is 1. The number of halogens is 2. The predicted octanol–water partition coefficient (Wildman–Crippen LogP) is 4.52. The molecule has 6 nitrogen and oxygen atoms in total. The van der Waals surface area contributed by atoms with Crippen LogP contribution in [0, 0.1) is 0 Å². The third-order valence-corrected chi connectivity index (χ3v) is 5.17. The van der Waals surface area contributed by atoms with Gasteiger partial charge < -0.3 is 9.47 Å². The maximum atomic E-state index is 12.8. The van der Waals surface area contributed by atoms with Crippen LogP contribution in [0.15, 0.2) is 41.2 Å². The van der Waals surface area contributed by atoms with E-state index in [1.165, 1.54) is 0 Å². The molecule has 2 aromatic carbocycles. The topological polar surface area (TPSA) is 81.3 Å². The van der Waals surface area contributed by atoms with Crippen LogP contribution in [-0.4, -0.2) is 29.4 Å². The quantitative estimate of drug-likeness (QED) is 0.552. The van der Waals surface area contributed by atoms with Crippen molar-refractivity contribution in [3.63, 3.8) is 0 Å². The Kier molecular flexibility index (Phi) is 6.77. The number of esters is 1. The Bertz CT molecular complexity index is 1100. The molecule has 8 heteroatoms. The standard InChI is InChI=1S/C21H20Cl2N2O4/c1-3-28-17-7-5-6-13-18(17)20(26)25-24-19(13)14(21(27)29-4-2)10-12-8-9-15(22)16(23)11-12/h5-9,11,14H,3-4,10H2,1-2H3,(H,25,26). The number of H-pyrrole nitrogens is 1. The molecular formula is C21H20Cl2N2O4. The minimum absolute atomic E-state index is 0.224. The molecule has 0 radical (unpaired) electrons. The number of aromatic amines is 1. The van der Waals surface area contributed by atoms with Crippen molar-refractivity contribution in [2.45, 2.75) is 26.2 Å². The van der Waals surface area contributed by atoms with E-state index in [2.05, 4.69) is 10.2 Å². The maximum absolute atomic E-state index is 12.8. The zero-order chi connectivity index (χ0) is 21.0. The predicted molar refractivity (Wildman–Crippen MR) is 113 cm³/mol. The second kappa shape index (κ2) is 9.29. The van der Waals surface area contributed by atoms with Crippen molar-refractivity contribution in [1.29, 1.82) is 0 Å². The molecule has 1 unspecified atom stereocenters. The molecule has 3 aromatic rings. The summed E-state index contributed by atoms with van der Waals surface area (Å²) in [6, 6.07) is 10.4. The summed E-state index contributed by atoms with van der Waals surface area (Å²) < 4.78 is 10.9. The number of fused-ring (bicyclic) bond motifs is 1. The largest absolute Gasteiger partial charge is 0.493 e. The zero-order valence-corrected chi connectivity index (χ0v) is 17.5. The average molecular weight is 435 g/mol. The van der Waals surface area contributed by atoms with Crippen molar-refractivity contribution in [2.75, 3.05) is 13.2 Å². The van der Waals surface area contributed by atoms with E-state index >= 15 is 0 Å². The van der Waals surface area contributed by atoms with Crippen molar-refractivity contribution in [2.24, 2.45) is 0 Å². The SMILES string of the molecule is CCOC(=O)C(Cc1ccc(Cl)c(Cl)c1)c1n[nH]c(=O)c2c(OCC)cccc12. The Morgan fingerprint density at radius 3 is 2.62 bits per heavy atom. The molecule has 0 saturated carbocycles. The van der Waals surface area contributed by atoms with Crippen molar-refractivity contribution < 1.29 is 14.3 Å². The van der Waals surface area contributed by atoms with E-state index in [9.17, 15) is 9.59 Å². The fourth-order valence-corrected chi connectivity index (χ4v) is 3.50. The molecule has 0 fully saturated rings. The second-order valence-corrected chi connectivity index (χ2v) is 7.12. The van der Waals surface area contributed by atoms with Gasteiger partial charge >= 0.3 is 5.97 Å². The van der Waals surface area contributed by atoms with Crippen molar-refractivity contribution >= 4 is 39.9 Å². The molecule has 0 saturated heterocycles. The normalized spacial score (nSPS) is 12.0. The molecular weight excluding hydrogens is 415 g/mol. The number of rotatable bonds is 7. The molecule has 1 N–H and O–H groups in total. The van der Waals surface area contributed by atoms with Crippen LogP contribution >= 0.6 is 23.2 Å². The van der Waals surface area contributed by atoms with Gasteiger partial charge in [-0.2, -0.15) is 5.10 Å². The Morgan fingerprint density at radius 2 is 1.93 bits per heavy atom. The first-order chi connectivity index (χ1) is 14.0. The van der Waals surface area contributed by atoms with E-state index in [1.807, 2.05) is 6.92 Å². The minimum Gasteiger partial charge on any atom is -0.493 e. The molecule has 1 aromatic heterocycles. The van der Waals surface area contributed by atoms with E-state index in [1.54, 1.807) is 43.3 Å². The van der Waals surface area contributed by atoms with Crippen molar-refractivity contribution in [1.82, 2.24) is 10.2 Å². The second-order valence-electron chi connectivity index (χ2n) is 6.31. The van der Waals surface area contributed by atoms with Gasteiger partial charge in [-0.25, -0.2) is 5.10 Å². The van der Waals surface area contributed by atoms with E-state index in [-0.39, 0.29) is 18.6 Å². The van der Waals surface area contributed by atoms with Crippen LogP contribution in [0.1, 0.15) is 31.0 Å². The van der Waals surface area contributed by atoms with Gasteiger partial charge in [0.2, 0.25) is 0 Å². The molecule has 0 amide bonds. The molecule has 152 valence electrons. The molecule has 1 heterocycles. The van der Waals surface area contributed by atoms with Crippen molar-refractivity contribution in [3.8, 4) is 5.75 Å². The Labute approximate surface area is 177 Å². The summed E-state index contributed by atoms with van der Waals surface area (Å²) in [5.41, 5.74) is 0.815. The van der Waals surface area contributed by atoms with Gasteiger partial charge in [-0.15, -0.1) is 0 Å². The Balaban J connectivity index is 2.15. The van der Waals surface area contributed by atoms with Crippen LogP contribution in [-0.2, 0) is 16.0 Å². The third-order valence-electron chi connectivity index (χ3n) is 4.43. The van der Waals surface area contributed by atoms with Gasteiger partial charge in [-0.3, -0.25) is 9.59 Å². The lowest BCUT2D eigenvalue weighted by Crippen LogP contribution is -2.23. The minimum atomic E-state index is -0.747.